The number of ether oxygens (including phenoxy) is 2. The lowest BCUT2D eigenvalue weighted by Gasteiger charge is -2.20. The first-order chi connectivity index (χ1) is 10.4. The smallest absolute Gasteiger partial charge is 0.406 e. The molecule has 0 radical (unpaired) electrons. The Balaban J connectivity index is 1.90. The quantitative estimate of drug-likeness (QED) is 0.662. The monoisotopic (exact) mass is 317 g/mol. The van der Waals surface area contributed by atoms with Gasteiger partial charge in [-0.1, -0.05) is 6.07 Å². The van der Waals surface area contributed by atoms with E-state index in [9.17, 15) is 13.2 Å². The molecule has 1 fully saturated rings. The Kier molecular flexibility index (Phi) is 5.48. The van der Waals surface area contributed by atoms with Crippen LogP contribution in [0, 0.1) is 5.92 Å². The van der Waals surface area contributed by atoms with Gasteiger partial charge in [-0.25, -0.2) is 0 Å². The summed E-state index contributed by atoms with van der Waals surface area (Å²) in [6, 6.07) is 5.44. The van der Waals surface area contributed by atoms with Crippen LogP contribution in [0.2, 0.25) is 0 Å². The van der Waals surface area contributed by atoms with Crippen molar-refractivity contribution in [1.29, 1.82) is 0 Å². The second kappa shape index (κ2) is 7.35. The number of anilines is 1. The number of guanidine groups is 1. The third kappa shape index (κ3) is 5.80. The molecule has 122 valence electrons. The Morgan fingerprint density at radius 3 is 2.95 bits per heavy atom. The van der Waals surface area contributed by atoms with E-state index in [-0.39, 0.29) is 11.7 Å². The number of hydrogen-bond donors (Lipinski definition) is 2. The topological polar surface area (TPSA) is 68.9 Å². The van der Waals surface area contributed by atoms with Crippen LogP contribution in [0.15, 0.2) is 29.3 Å². The zero-order chi connectivity index (χ0) is 16.0. The molecule has 1 aliphatic heterocycles. The maximum atomic E-state index is 12.2. The SMILES string of the molecule is NC(=NCC1CCCOC1)Nc1cccc(OC(F)(F)F)c1. The number of alkyl halides is 3. The number of nitrogens with two attached hydrogens (primary N) is 1. The molecule has 22 heavy (non-hydrogen) atoms. The highest BCUT2D eigenvalue weighted by molar-refractivity contribution is 5.92. The summed E-state index contributed by atoms with van der Waals surface area (Å²) < 4.78 is 45.7. The van der Waals surface area contributed by atoms with Gasteiger partial charge in [0.2, 0.25) is 0 Å². The molecule has 1 heterocycles. The minimum Gasteiger partial charge on any atom is -0.406 e. The lowest BCUT2D eigenvalue weighted by Crippen LogP contribution is -2.26. The normalized spacial score (nSPS) is 19.8. The van der Waals surface area contributed by atoms with Gasteiger partial charge in [0.15, 0.2) is 5.96 Å². The third-order valence-corrected chi connectivity index (χ3v) is 3.11. The molecule has 1 aliphatic rings. The number of rotatable bonds is 4. The zero-order valence-electron chi connectivity index (χ0n) is 11.9. The minimum absolute atomic E-state index is 0.148. The highest BCUT2D eigenvalue weighted by Crippen LogP contribution is 2.25. The zero-order valence-corrected chi connectivity index (χ0v) is 11.9. The van der Waals surface area contributed by atoms with E-state index in [1.54, 1.807) is 6.07 Å². The maximum Gasteiger partial charge on any atom is 0.573 e. The number of benzene rings is 1. The Morgan fingerprint density at radius 2 is 2.27 bits per heavy atom. The van der Waals surface area contributed by atoms with Crippen LogP contribution in [-0.2, 0) is 4.74 Å². The average Bonchev–Trinajstić information content (AvgIpc) is 2.45. The summed E-state index contributed by atoms with van der Waals surface area (Å²) in [7, 11) is 0. The fourth-order valence-corrected chi connectivity index (χ4v) is 2.14. The van der Waals surface area contributed by atoms with E-state index < -0.39 is 6.36 Å². The number of hydrogen-bond acceptors (Lipinski definition) is 3. The molecular formula is C14H18F3N3O2. The second-order valence-corrected chi connectivity index (χ2v) is 5.01. The summed E-state index contributed by atoms with van der Waals surface area (Å²) in [5.74, 6) is 0.162. The Hall–Kier alpha value is -1.96. The van der Waals surface area contributed by atoms with E-state index in [0.29, 0.717) is 24.8 Å². The molecule has 3 N–H and O–H groups in total. The lowest BCUT2D eigenvalue weighted by molar-refractivity contribution is -0.274. The van der Waals surface area contributed by atoms with Crippen LogP contribution in [-0.4, -0.2) is 32.1 Å². The average molecular weight is 317 g/mol. The molecule has 1 aromatic rings. The van der Waals surface area contributed by atoms with E-state index in [2.05, 4.69) is 15.0 Å². The summed E-state index contributed by atoms with van der Waals surface area (Å²) in [4.78, 5) is 4.19. The number of aliphatic imine (C=N–C) groups is 1. The predicted octanol–water partition coefficient (Wildman–Crippen LogP) is 2.74. The van der Waals surface area contributed by atoms with E-state index in [4.69, 9.17) is 10.5 Å². The van der Waals surface area contributed by atoms with Crippen molar-refractivity contribution in [3.63, 3.8) is 0 Å². The van der Waals surface area contributed by atoms with Gasteiger partial charge in [-0.3, -0.25) is 4.99 Å². The largest absolute Gasteiger partial charge is 0.573 e. The molecule has 0 saturated carbocycles. The van der Waals surface area contributed by atoms with Gasteiger partial charge < -0.3 is 20.5 Å². The van der Waals surface area contributed by atoms with Crippen molar-refractivity contribution in [3.8, 4) is 5.75 Å². The van der Waals surface area contributed by atoms with Gasteiger partial charge >= 0.3 is 6.36 Å². The van der Waals surface area contributed by atoms with Crippen molar-refractivity contribution in [2.75, 3.05) is 25.1 Å². The van der Waals surface area contributed by atoms with Crippen LogP contribution in [0.3, 0.4) is 0 Å². The van der Waals surface area contributed by atoms with Crippen molar-refractivity contribution in [2.24, 2.45) is 16.6 Å². The van der Waals surface area contributed by atoms with Gasteiger partial charge in [-0.2, -0.15) is 0 Å². The molecule has 1 atom stereocenters. The second-order valence-electron chi connectivity index (χ2n) is 5.01. The van der Waals surface area contributed by atoms with E-state index >= 15 is 0 Å². The van der Waals surface area contributed by atoms with Crippen LogP contribution in [0.1, 0.15) is 12.8 Å². The molecule has 0 amide bonds. The van der Waals surface area contributed by atoms with Crippen LogP contribution < -0.4 is 15.8 Å². The van der Waals surface area contributed by atoms with E-state index in [1.165, 1.54) is 18.2 Å². The highest BCUT2D eigenvalue weighted by Gasteiger charge is 2.31. The van der Waals surface area contributed by atoms with Crippen molar-refractivity contribution in [2.45, 2.75) is 19.2 Å². The van der Waals surface area contributed by atoms with Crippen molar-refractivity contribution < 1.29 is 22.6 Å². The Morgan fingerprint density at radius 1 is 1.45 bits per heavy atom. The summed E-state index contributed by atoms with van der Waals surface area (Å²) in [5.41, 5.74) is 6.11. The first kappa shape index (κ1) is 16.4. The fraction of sp³-hybridized carbons (Fsp3) is 0.500. The molecule has 8 heteroatoms. The maximum absolute atomic E-state index is 12.2. The van der Waals surface area contributed by atoms with Gasteiger partial charge in [-0.05, 0) is 25.0 Å². The van der Waals surface area contributed by atoms with Crippen LogP contribution >= 0.6 is 0 Å². The number of halogens is 3. The summed E-state index contributed by atoms with van der Waals surface area (Å²) in [5, 5.41) is 2.75. The lowest BCUT2D eigenvalue weighted by atomic mass is 10.0. The molecular weight excluding hydrogens is 299 g/mol. The minimum atomic E-state index is -4.72. The van der Waals surface area contributed by atoms with Crippen molar-refractivity contribution in [3.05, 3.63) is 24.3 Å². The van der Waals surface area contributed by atoms with Crippen LogP contribution in [0.5, 0.6) is 5.75 Å². The van der Waals surface area contributed by atoms with Crippen LogP contribution in [0.4, 0.5) is 18.9 Å². The van der Waals surface area contributed by atoms with E-state index in [0.717, 1.165) is 19.4 Å². The number of nitrogens with one attached hydrogen (secondary N) is 1. The van der Waals surface area contributed by atoms with Gasteiger partial charge in [0.05, 0.1) is 6.61 Å². The molecule has 1 unspecified atom stereocenters. The summed E-state index contributed by atoms with van der Waals surface area (Å²) in [6.45, 7) is 1.96. The molecule has 0 bridgehead atoms. The Bertz CT molecular complexity index is 514. The molecule has 0 aromatic heterocycles. The Labute approximate surface area is 126 Å². The van der Waals surface area contributed by atoms with Gasteiger partial charge in [0.1, 0.15) is 5.75 Å². The van der Waals surface area contributed by atoms with E-state index in [1.807, 2.05) is 0 Å². The van der Waals surface area contributed by atoms with Crippen molar-refractivity contribution >= 4 is 11.6 Å². The molecule has 5 nitrogen and oxygen atoms in total. The fourth-order valence-electron chi connectivity index (χ4n) is 2.14. The van der Waals surface area contributed by atoms with Gasteiger partial charge in [0.25, 0.3) is 0 Å². The van der Waals surface area contributed by atoms with Gasteiger partial charge in [-0.15, -0.1) is 13.2 Å². The first-order valence-electron chi connectivity index (χ1n) is 6.93. The molecule has 2 rings (SSSR count). The molecule has 1 aromatic carbocycles. The summed E-state index contributed by atoms with van der Waals surface area (Å²) in [6.07, 6.45) is -2.69. The predicted molar refractivity (Wildman–Crippen MR) is 76.8 cm³/mol. The third-order valence-electron chi connectivity index (χ3n) is 3.11. The highest BCUT2D eigenvalue weighted by atomic mass is 19.4. The molecule has 0 spiro atoms. The molecule has 0 aliphatic carbocycles. The standard InChI is InChI=1S/C14H18F3N3O2/c15-14(16,17)22-12-5-1-4-11(7-12)20-13(18)19-8-10-3-2-6-21-9-10/h1,4-5,7,10H,2-3,6,8-9H2,(H3,18,19,20). The van der Waals surface area contributed by atoms with Crippen LogP contribution in [0.25, 0.3) is 0 Å². The van der Waals surface area contributed by atoms with Crippen molar-refractivity contribution in [1.82, 2.24) is 0 Å². The molecule has 1 saturated heterocycles. The van der Waals surface area contributed by atoms with Gasteiger partial charge in [0, 0.05) is 30.8 Å². The summed E-state index contributed by atoms with van der Waals surface area (Å²) >= 11 is 0. The number of nitrogens with zero attached hydrogens (tertiary/aromatic N) is 1. The first-order valence-corrected chi connectivity index (χ1v) is 6.93.